The van der Waals surface area contributed by atoms with Gasteiger partial charge in [-0.25, -0.2) is 8.42 Å². The molecule has 1 fully saturated rings. The van der Waals surface area contributed by atoms with Crippen LogP contribution < -0.4 is 0 Å². The number of carbonyl (C=O) groups is 2. The van der Waals surface area contributed by atoms with Crippen LogP contribution in [0.1, 0.15) is 22.8 Å². The van der Waals surface area contributed by atoms with E-state index < -0.39 is 27.8 Å². The van der Waals surface area contributed by atoms with E-state index in [1.54, 1.807) is 19.1 Å². The minimum Gasteiger partial charge on any atom is -0.481 e. The Morgan fingerprint density at radius 2 is 1.92 bits per heavy atom. The van der Waals surface area contributed by atoms with Crippen molar-refractivity contribution in [3.8, 4) is 0 Å². The number of rotatable bonds is 6. The van der Waals surface area contributed by atoms with Crippen LogP contribution in [0, 0.1) is 12.8 Å². The molecule has 1 aliphatic rings. The van der Waals surface area contributed by atoms with Crippen LogP contribution in [0.3, 0.4) is 0 Å². The number of nitrogens with zero attached hydrogens (tertiary/aromatic N) is 2. The van der Waals surface area contributed by atoms with Crippen LogP contribution in [-0.2, 0) is 19.6 Å². The molecule has 0 radical (unpaired) electrons. The SMILES string of the molecule is Cc1ccc(C(=O)N(C)CC(C)C(=O)O)cc1S(=O)(=O)N1CCOCC1. The van der Waals surface area contributed by atoms with Gasteiger partial charge in [-0.05, 0) is 24.6 Å². The molecule has 1 saturated heterocycles. The van der Waals surface area contributed by atoms with E-state index in [1.807, 2.05) is 0 Å². The summed E-state index contributed by atoms with van der Waals surface area (Å²) in [6.45, 7) is 4.45. The summed E-state index contributed by atoms with van der Waals surface area (Å²) in [6, 6.07) is 4.51. The Morgan fingerprint density at radius 1 is 1.31 bits per heavy atom. The molecule has 1 atom stereocenters. The summed E-state index contributed by atoms with van der Waals surface area (Å²) >= 11 is 0. The lowest BCUT2D eigenvalue weighted by Gasteiger charge is -2.27. The second-order valence-corrected chi connectivity index (χ2v) is 8.33. The second kappa shape index (κ2) is 8.15. The predicted molar refractivity (Wildman–Crippen MR) is 94.5 cm³/mol. The third-order valence-corrected chi connectivity index (χ3v) is 6.38. The molecule has 1 aromatic rings. The van der Waals surface area contributed by atoms with Crippen LogP contribution in [0.25, 0.3) is 0 Å². The van der Waals surface area contributed by atoms with Crippen molar-refractivity contribution in [2.45, 2.75) is 18.7 Å². The smallest absolute Gasteiger partial charge is 0.308 e. The number of amides is 1. The van der Waals surface area contributed by atoms with Crippen LogP contribution in [0.2, 0.25) is 0 Å². The van der Waals surface area contributed by atoms with Crippen LogP contribution in [-0.4, -0.2) is 74.5 Å². The summed E-state index contributed by atoms with van der Waals surface area (Å²) in [7, 11) is -2.22. The zero-order valence-electron chi connectivity index (χ0n) is 15.1. The average molecular weight is 384 g/mol. The van der Waals surface area contributed by atoms with E-state index >= 15 is 0 Å². The summed E-state index contributed by atoms with van der Waals surface area (Å²) in [4.78, 5) is 24.9. The van der Waals surface area contributed by atoms with Crippen molar-refractivity contribution in [2.24, 2.45) is 5.92 Å². The third-order valence-electron chi connectivity index (χ3n) is 4.34. The molecule has 0 aliphatic carbocycles. The Kier molecular flexibility index (Phi) is 6.38. The van der Waals surface area contributed by atoms with Gasteiger partial charge in [0.2, 0.25) is 10.0 Å². The Morgan fingerprint density at radius 3 is 2.50 bits per heavy atom. The lowest BCUT2D eigenvalue weighted by atomic mass is 10.1. The Bertz CT molecular complexity index is 786. The number of carboxylic acids is 1. The van der Waals surface area contributed by atoms with Gasteiger partial charge in [-0.3, -0.25) is 9.59 Å². The number of benzene rings is 1. The molecule has 1 heterocycles. The number of aryl methyl sites for hydroxylation is 1. The Balaban J connectivity index is 2.28. The van der Waals surface area contributed by atoms with Crippen molar-refractivity contribution >= 4 is 21.9 Å². The first-order chi connectivity index (χ1) is 12.1. The van der Waals surface area contributed by atoms with Gasteiger partial charge < -0.3 is 14.7 Å². The monoisotopic (exact) mass is 384 g/mol. The summed E-state index contributed by atoms with van der Waals surface area (Å²) in [5.41, 5.74) is 0.761. The van der Waals surface area contributed by atoms with Crippen LogP contribution >= 0.6 is 0 Å². The largest absolute Gasteiger partial charge is 0.481 e. The zero-order chi connectivity index (χ0) is 19.5. The molecule has 9 heteroatoms. The highest BCUT2D eigenvalue weighted by atomic mass is 32.2. The Labute approximate surface area is 153 Å². The second-order valence-electron chi connectivity index (χ2n) is 6.42. The molecular weight excluding hydrogens is 360 g/mol. The van der Waals surface area contributed by atoms with Crippen molar-refractivity contribution < 1.29 is 27.9 Å². The van der Waals surface area contributed by atoms with E-state index in [9.17, 15) is 18.0 Å². The number of carboxylic acid groups (broad SMARTS) is 1. The molecule has 1 aliphatic heterocycles. The minimum atomic E-state index is -3.72. The van der Waals surface area contributed by atoms with Crippen molar-refractivity contribution in [1.29, 1.82) is 0 Å². The summed E-state index contributed by atoms with van der Waals surface area (Å²) in [6.07, 6.45) is 0. The number of ether oxygens (including phenoxy) is 1. The van der Waals surface area contributed by atoms with E-state index in [4.69, 9.17) is 9.84 Å². The van der Waals surface area contributed by atoms with Gasteiger partial charge in [-0.15, -0.1) is 0 Å². The summed E-state index contributed by atoms with van der Waals surface area (Å²) in [5.74, 6) is -2.13. The first-order valence-corrected chi connectivity index (χ1v) is 9.75. The normalized spacial score (nSPS) is 16.9. The summed E-state index contributed by atoms with van der Waals surface area (Å²) in [5, 5.41) is 8.98. The first kappa shape index (κ1) is 20.3. The maximum absolute atomic E-state index is 12.9. The maximum Gasteiger partial charge on any atom is 0.308 e. The van der Waals surface area contributed by atoms with Gasteiger partial charge in [-0.1, -0.05) is 13.0 Å². The van der Waals surface area contributed by atoms with Gasteiger partial charge in [0.05, 0.1) is 24.0 Å². The topological polar surface area (TPSA) is 104 Å². The highest BCUT2D eigenvalue weighted by Gasteiger charge is 2.29. The average Bonchev–Trinajstić information content (AvgIpc) is 2.61. The lowest BCUT2D eigenvalue weighted by molar-refractivity contribution is -0.141. The zero-order valence-corrected chi connectivity index (χ0v) is 16.0. The van der Waals surface area contributed by atoms with E-state index in [1.165, 1.54) is 29.2 Å². The van der Waals surface area contributed by atoms with Gasteiger partial charge in [-0.2, -0.15) is 4.31 Å². The van der Waals surface area contributed by atoms with Crippen LogP contribution in [0.4, 0.5) is 0 Å². The molecule has 0 bridgehead atoms. The number of sulfonamides is 1. The number of carbonyl (C=O) groups excluding carboxylic acids is 1. The van der Waals surface area contributed by atoms with Crippen LogP contribution in [0.15, 0.2) is 23.1 Å². The predicted octanol–water partition coefficient (Wildman–Crippen LogP) is 0.809. The summed E-state index contributed by atoms with van der Waals surface area (Å²) < 4.78 is 32.3. The van der Waals surface area contributed by atoms with Crippen molar-refractivity contribution in [3.05, 3.63) is 29.3 Å². The lowest BCUT2D eigenvalue weighted by Crippen LogP contribution is -2.41. The molecule has 0 spiro atoms. The van der Waals surface area contributed by atoms with Crippen molar-refractivity contribution in [3.63, 3.8) is 0 Å². The molecule has 1 N–H and O–H groups in total. The molecule has 2 rings (SSSR count). The molecule has 0 saturated carbocycles. The van der Waals surface area contributed by atoms with E-state index in [0.29, 0.717) is 18.8 Å². The standard InChI is InChI=1S/C17H24N2O6S/c1-12-4-5-14(16(20)18(3)11-13(2)17(21)22)10-15(12)26(23,24)19-6-8-25-9-7-19/h4-5,10,13H,6-9,11H2,1-3H3,(H,21,22). The third kappa shape index (κ3) is 4.40. The molecule has 8 nitrogen and oxygen atoms in total. The van der Waals surface area contributed by atoms with Gasteiger partial charge in [0, 0.05) is 32.2 Å². The van der Waals surface area contributed by atoms with E-state index in [-0.39, 0.29) is 30.1 Å². The first-order valence-electron chi connectivity index (χ1n) is 8.31. The molecule has 1 aromatic carbocycles. The number of hydrogen-bond donors (Lipinski definition) is 1. The number of morpholine rings is 1. The quantitative estimate of drug-likeness (QED) is 0.778. The molecule has 1 unspecified atom stereocenters. The Hall–Kier alpha value is -1.97. The van der Waals surface area contributed by atoms with Gasteiger partial charge in [0.1, 0.15) is 0 Å². The fourth-order valence-electron chi connectivity index (χ4n) is 2.73. The fourth-order valence-corrected chi connectivity index (χ4v) is 4.39. The van der Waals surface area contributed by atoms with Crippen molar-refractivity contribution in [1.82, 2.24) is 9.21 Å². The van der Waals surface area contributed by atoms with E-state index in [2.05, 4.69) is 0 Å². The van der Waals surface area contributed by atoms with Gasteiger partial charge >= 0.3 is 5.97 Å². The minimum absolute atomic E-state index is 0.0353. The van der Waals surface area contributed by atoms with E-state index in [0.717, 1.165) is 0 Å². The maximum atomic E-state index is 12.9. The molecular formula is C17H24N2O6S. The fraction of sp³-hybridized carbons (Fsp3) is 0.529. The highest BCUT2D eigenvalue weighted by Crippen LogP contribution is 2.23. The van der Waals surface area contributed by atoms with Gasteiger partial charge in [0.15, 0.2) is 0 Å². The highest BCUT2D eigenvalue weighted by molar-refractivity contribution is 7.89. The molecule has 144 valence electrons. The van der Waals surface area contributed by atoms with Crippen LogP contribution in [0.5, 0.6) is 0 Å². The number of hydrogen-bond acceptors (Lipinski definition) is 5. The number of aliphatic carboxylic acids is 1. The van der Waals surface area contributed by atoms with Crippen molar-refractivity contribution in [2.75, 3.05) is 39.9 Å². The molecule has 0 aromatic heterocycles. The molecule has 1 amide bonds. The van der Waals surface area contributed by atoms with Gasteiger partial charge in [0.25, 0.3) is 5.91 Å². The molecule has 26 heavy (non-hydrogen) atoms.